The predicted molar refractivity (Wildman–Crippen MR) is 100 cm³/mol. The van der Waals surface area contributed by atoms with Gasteiger partial charge in [0.2, 0.25) is 5.91 Å². The zero-order chi connectivity index (χ0) is 17.8. The minimum atomic E-state index is 0.277. The van der Waals surface area contributed by atoms with E-state index in [2.05, 4.69) is 43.1 Å². The fourth-order valence-corrected chi connectivity index (χ4v) is 3.62. The largest absolute Gasteiger partial charge is 0.342 e. The van der Waals surface area contributed by atoms with Crippen LogP contribution < -0.4 is 0 Å². The molecule has 134 valence electrons. The van der Waals surface area contributed by atoms with E-state index in [0.29, 0.717) is 18.3 Å². The second-order valence-corrected chi connectivity index (χ2v) is 7.59. The highest BCUT2D eigenvalue weighted by Crippen LogP contribution is 2.23. The number of rotatable bonds is 6. The number of nitrogens with zero attached hydrogens (tertiary/aromatic N) is 3. The van der Waals surface area contributed by atoms with Crippen LogP contribution in [0.15, 0.2) is 36.8 Å². The molecule has 0 N–H and O–H groups in total. The second-order valence-electron chi connectivity index (χ2n) is 7.59. The lowest BCUT2D eigenvalue weighted by Gasteiger charge is -2.17. The predicted octanol–water partition coefficient (Wildman–Crippen LogP) is 3.57. The Kier molecular flexibility index (Phi) is 5.57. The van der Waals surface area contributed by atoms with E-state index in [0.717, 1.165) is 38.0 Å². The van der Waals surface area contributed by atoms with Crippen molar-refractivity contribution in [1.29, 1.82) is 0 Å². The summed E-state index contributed by atoms with van der Waals surface area (Å²) >= 11 is 0. The van der Waals surface area contributed by atoms with Crippen molar-refractivity contribution >= 4 is 5.91 Å². The van der Waals surface area contributed by atoms with Crippen molar-refractivity contribution in [3.63, 3.8) is 0 Å². The van der Waals surface area contributed by atoms with Crippen LogP contribution in [0.25, 0.3) is 0 Å². The molecule has 1 aliphatic heterocycles. The van der Waals surface area contributed by atoms with Crippen LogP contribution in [0.1, 0.15) is 49.4 Å². The minimum Gasteiger partial charge on any atom is -0.342 e. The van der Waals surface area contributed by atoms with Gasteiger partial charge in [0.25, 0.3) is 0 Å². The van der Waals surface area contributed by atoms with Gasteiger partial charge in [0.15, 0.2) is 0 Å². The summed E-state index contributed by atoms with van der Waals surface area (Å²) in [5.74, 6) is 1.44. The van der Waals surface area contributed by atoms with Crippen molar-refractivity contribution in [3.05, 3.63) is 53.6 Å². The molecule has 0 spiro atoms. The van der Waals surface area contributed by atoms with Gasteiger partial charge in [0.1, 0.15) is 0 Å². The molecular formula is C21H29N3O. The Hall–Kier alpha value is -2.10. The van der Waals surface area contributed by atoms with Gasteiger partial charge in [-0.25, -0.2) is 4.98 Å². The first-order chi connectivity index (χ1) is 12.0. The molecule has 1 aliphatic rings. The Labute approximate surface area is 150 Å². The number of aryl methyl sites for hydroxylation is 2. The summed E-state index contributed by atoms with van der Waals surface area (Å²) < 4.78 is 1.99. The van der Waals surface area contributed by atoms with E-state index >= 15 is 0 Å². The Bertz CT molecular complexity index is 702. The van der Waals surface area contributed by atoms with Crippen LogP contribution >= 0.6 is 0 Å². The lowest BCUT2D eigenvalue weighted by atomic mass is 9.96. The molecule has 0 radical (unpaired) electrons. The van der Waals surface area contributed by atoms with Gasteiger partial charge in [-0.15, -0.1) is 0 Å². The van der Waals surface area contributed by atoms with E-state index in [1.807, 2.05) is 22.7 Å². The number of amides is 1. The molecule has 4 heteroatoms. The molecule has 0 saturated carbocycles. The number of hydrogen-bond donors (Lipinski definition) is 0. The maximum absolute atomic E-state index is 12.5. The molecule has 1 aromatic carbocycles. The Morgan fingerprint density at radius 1 is 1.28 bits per heavy atom. The van der Waals surface area contributed by atoms with E-state index in [4.69, 9.17) is 0 Å². The summed E-state index contributed by atoms with van der Waals surface area (Å²) in [6, 6.07) is 8.99. The van der Waals surface area contributed by atoms with Crippen LogP contribution in [-0.2, 0) is 24.7 Å². The fourth-order valence-electron chi connectivity index (χ4n) is 3.62. The summed E-state index contributed by atoms with van der Waals surface area (Å²) in [6.07, 6.45) is 7.17. The number of benzene rings is 1. The lowest BCUT2D eigenvalue weighted by molar-refractivity contribution is -0.130. The third-order valence-corrected chi connectivity index (χ3v) is 5.32. The average Bonchev–Trinajstić information content (AvgIpc) is 3.22. The number of likely N-dealkylation sites (tertiary alicyclic amines) is 1. The fraction of sp³-hybridized carbons (Fsp3) is 0.524. The van der Waals surface area contributed by atoms with Crippen molar-refractivity contribution in [3.8, 4) is 0 Å². The normalized spacial score (nSPS) is 17.4. The quantitative estimate of drug-likeness (QED) is 0.807. The van der Waals surface area contributed by atoms with Gasteiger partial charge in [0.05, 0.1) is 6.33 Å². The number of carbonyl (C=O) groups excluding carboxylic acids is 1. The van der Waals surface area contributed by atoms with Gasteiger partial charge in [-0.1, -0.05) is 38.1 Å². The third kappa shape index (κ3) is 4.50. The minimum absolute atomic E-state index is 0.277. The van der Waals surface area contributed by atoms with Crippen LogP contribution in [0.2, 0.25) is 0 Å². The molecule has 1 saturated heterocycles. The van der Waals surface area contributed by atoms with Crippen LogP contribution in [0, 0.1) is 5.92 Å². The van der Waals surface area contributed by atoms with E-state index in [9.17, 15) is 4.79 Å². The highest BCUT2D eigenvalue weighted by molar-refractivity contribution is 5.76. The van der Waals surface area contributed by atoms with Crippen LogP contribution in [0.4, 0.5) is 0 Å². The molecule has 0 bridgehead atoms. The molecule has 1 amide bonds. The first kappa shape index (κ1) is 17.7. The van der Waals surface area contributed by atoms with E-state index in [-0.39, 0.29) is 5.91 Å². The van der Waals surface area contributed by atoms with Gasteiger partial charge >= 0.3 is 0 Å². The Morgan fingerprint density at radius 2 is 2.04 bits per heavy atom. The van der Waals surface area contributed by atoms with Crippen molar-refractivity contribution in [1.82, 2.24) is 14.5 Å². The highest BCUT2D eigenvalue weighted by Gasteiger charge is 2.26. The first-order valence-electron chi connectivity index (χ1n) is 9.34. The Balaban J connectivity index is 1.47. The lowest BCUT2D eigenvalue weighted by Crippen LogP contribution is -2.29. The van der Waals surface area contributed by atoms with Gasteiger partial charge < -0.3 is 9.47 Å². The highest BCUT2D eigenvalue weighted by atomic mass is 16.2. The van der Waals surface area contributed by atoms with Crippen LogP contribution in [0.5, 0.6) is 0 Å². The first-order valence-corrected chi connectivity index (χ1v) is 9.34. The Morgan fingerprint density at radius 3 is 2.68 bits per heavy atom. The van der Waals surface area contributed by atoms with Crippen molar-refractivity contribution in [2.24, 2.45) is 13.0 Å². The number of hydrogen-bond acceptors (Lipinski definition) is 2. The molecule has 1 atom stereocenters. The van der Waals surface area contributed by atoms with Crippen molar-refractivity contribution < 1.29 is 4.79 Å². The molecule has 2 heterocycles. The van der Waals surface area contributed by atoms with Crippen molar-refractivity contribution in [2.45, 2.75) is 45.4 Å². The molecule has 0 aliphatic carbocycles. The molecule has 1 fully saturated rings. The number of imidazole rings is 1. The molecule has 0 unspecified atom stereocenters. The van der Waals surface area contributed by atoms with E-state index in [1.54, 1.807) is 6.33 Å². The third-order valence-electron chi connectivity index (χ3n) is 5.32. The zero-order valence-corrected chi connectivity index (χ0v) is 15.6. The van der Waals surface area contributed by atoms with Gasteiger partial charge in [-0.3, -0.25) is 4.79 Å². The molecule has 25 heavy (non-hydrogen) atoms. The maximum Gasteiger partial charge on any atom is 0.222 e. The summed E-state index contributed by atoms with van der Waals surface area (Å²) in [4.78, 5) is 18.6. The maximum atomic E-state index is 12.5. The van der Waals surface area contributed by atoms with E-state index < -0.39 is 0 Å². The van der Waals surface area contributed by atoms with Gasteiger partial charge in [-0.05, 0) is 42.2 Å². The van der Waals surface area contributed by atoms with Gasteiger partial charge in [-0.2, -0.15) is 0 Å². The van der Waals surface area contributed by atoms with Gasteiger partial charge in [0, 0.05) is 38.4 Å². The van der Waals surface area contributed by atoms with Crippen LogP contribution in [0.3, 0.4) is 0 Å². The molecule has 4 nitrogen and oxygen atoms in total. The molecule has 2 aromatic rings. The summed E-state index contributed by atoms with van der Waals surface area (Å²) in [5, 5.41) is 0. The average molecular weight is 339 g/mol. The molecule has 3 rings (SSSR count). The smallest absolute Gasteiger partial charge is 0.222 e. The summed E-state index contributed by atoms with van der Waals surface area (Å²) in [5.41, 5.74) is 3.90. The second kappa shape index (κ2) is 7.85. The monoisotopic (exact) mass is 339 g/mol. The van der Waals surface area contributed by atoms with Crippen molar-refractivity contribution in [2.75, 3.05) is 13.1 Å². The summed E-state index contributed by atoms with van der Waals surface area (Å²) in [6.45, 7) is 6.25. The SMILES string of the molecule is CC(C)c1ccc(C[C@H]2CCN(C(=O)CCc3cncn3C)C2)cc1. The van der Waals surface area contributed by atoms with Crippen LogP contribution in [-0.4, -0.2) is 33.4 Å². The summed E-state index contributed by atoms with van der Waals surface area (Å²) in [7, 11) is 1.98. The number of carbonyl (C=O) groups is 1. The standard InChI is InChI=1S/C21H29N3O/c1-16(2)19-6-4-17(5-7-19)12-18-10-11-24(14-18)21(25)9-8-20-13-22-15-23(20)3/h4-7,13,15-16,18H,8-12,14H2,1-3H3/t18-/m1/s1. The van der Waals surface area contributed by atoms with E-state index in [1.165, 1.54) is 11.1 Å². The molecule has 1 aromatic heterocycles. The molecular weight excluding hydrogens is 310 g/mol. The topological polar surface area (TPSA) is 38.1 Å². The number of aromatic nitrogens is 2. The zero-order valence-electron chi connectivity index (χ0n) is 15.6.